The molecule has 1 heterocycles. The first kappa shape index (κ1) is 38.1. The molecule has 6 amide bonds. The number of rotatable bonds is 21. The summed E-state index contributed by atoms with van der Waals surface area (Å²) in [5.74, 6) is -5.21. The van der Waals surface area contributed by atoms with Crippen LogP contribution in [0.2, 0.25) is 0 Å². The second-order valence-corrected chi connectivity index (χ2v) is 11.9. The van der Waals surface area contributed by atoms with Gasteiger partial charge in [-0.05, 0) is 43.6 Å². The summed E-state index contributed by atoms with van der Waals surface area (Å²) in [6.07, 6.45) is 1.64. The Morgan fingerprint density at radius 3 is 1.98 bits per heavy atom. The van der Waals surface area contributed by atoms with Crippen LogP contribution >= 0.6 is 25.3 Å². The van der Waals surface area contributed by atoms with Crippen molar-refractivity contribution in [2.75, 3.05) is 30.3 Å². The van der Waals surface area contributed by atoms with Crippen LogP contribution in [-0.4, -0.2) is 102 Å². The van der Waals surface area contributed by atoms with Crippen molar-refractivity contribution in [3.63, 3.8) is 0 Å². The minimum absolute atomic E-state index is 0.0636. The zero-order valence-corrected chi connectivity index (χ0v) is 26.1. The number of nitrogens with one attached hydrogen (secondary N) is 4. The van der Waals surface area contributed by atoms with Crippen LogP contribution in [0.25, 0.3) is 0 Å². The molecule has 2 unspecified atom stereocenters. The normalized spacial score (nSPS) is 14.5. The maximum absolute atomic E-state index is 13.1. The van der Waals surface area contributed by atoms with Crippen LogP contribution in [0.4, 0.5) is 0 Å². The molecule has 0 radical (unpaired) electrons. The number of unbranched alkanes of at least 4 members (excludes halogenated alkanes) is 1. The summed E-state index contributed by atoms with van der Waals surface area (Å²) in [5.41, 5.74) is 0. The first-order valence-electron chi connectivity index (χ1n) is 13.6. The molecule has 1 rings (SSSR count). The number of amides is 6. The molecule has 1 saturated heterocycles. The Labute approximate surface area is 260 Å². The third kappa shape index (κ3) is 16.5. The SMILES string of the molecule is O=C(CCCS)NCCCCC(NC(=O)CCCS)C(=O)NC(CS(=O)(=O)O)C(=O)NCCC(=O)ON1C(=O)CCC1=O. The van der Waals surface area contributed by atoms with Gasteiger partial charge >= 0.3 is 5.97 Å². The van der Waals surface area contributed by atoms with E-state index < -0.39 is 76.4 Å². The van der Waals surface area contributed by atoms with E-state index >= 15 is 0 Å². The molecule has 0 aliphatic carbocycles. The highest BCUT2D eigenvalue weighted by Gasteiger charge is 2.33. The highest BCUT2D eigenvalue weighted by molar-refractivity contribution is 7.85. The first-order chi connectivity index (χ1) is 20.3. The predicted molar refractivity (Wildman–Crippen MR) is 158 cm³/mol. The van der Waals surface area contributed by atoms with Crippen molar-refractivity contribution in [3.8, 4) is 0 Å². The third-order valence-corrected chi connectivity index (χ3v) is 7.24. The van der Waals surface area contributed by atoms with Crippen LogP contribution < -0.4 is 21.3 Å². The highest BCUT2D eigenvalue weighted by Crippen LogP contribution is 2.12. The van der Waals surface area contributed by atoms with Gasteiger partial charge in [-0.25, -0.2) is 4.79 Å². The van der Waals surface area contributed by atoms with E-state index in [1.165, 1.54) is 0 Å². The quantitative estimate of drug-likeness (QED) is 0.0327. The monoisotopic (exact) mass is 669 g/mol. The lowest BCUT2D eigenvalue weighted by Crippen LogP contribution is -2.56. The van der Waals surface area contributed by atoms with E-state index in [1.807, 2.05) is 0 Å². The molecule has 0 saturated carbocycles. The second kappa shape index (κ2) is 20.1. The Balaban J connectivity index is 2.78. The maximum atomic E-state index is 13.1. The fourth-order valence-electron chi connectivity index (χ4n) is 3.69. The van der Waals surface area contributed by atoms with Gasteiger partial charge in [0, 0.05) is 38.8 Å². The van der Waals surface area contributed by atoms with Crippen molar-refractivity contribution in [2.24, 2.45) is 0 Å². The standard InChI is InChI=1S/C24H39N5O11S3/c30-18(6-3-13-41)25-11-2-1-5-16(27-19(31)7-4-14-42)24(36)28-17(15-43(37,38)39)23(35)26-12-10-22(34)40-29-20(32)8-9-21(29)33/h16-17,41-42H,1-15H2,(H,25,30)(H,26,35)(H,27,31)(H,28,36)(H,37,38,39). The van der Waals surface area contributed by atoms with Crippen molar-refractivity contribution in [1.82, 2.24) is 26.3 Å². The molecule has 0 aromatic heterocycles. The zero-order chi connectivity index (χ0) is 32.4. The van der Waals surface area contributed by atoms with Crippen LogP contribution in [0.15, 0.2) is 0 Å². The molecule has 5 N–H and O–H groups in total. The highest BCUT2D eigenvalue weighted by atomic mass is 32.2. The number of nitrogens with zero attached hydrogens (tertiary/aromatic N) is 1. The predicted octanol–water partition coefficient (Wildman–Crippen LogP) is -1.34. The molecule has 1 aliphatic rings. The molecular formula is C24H39N5O11S3. The van der Waals surface area contributed by atoms with Gasteiger partial charge in [-0.2, -0.15) is 33.7 Å². The zero-order valence-electron chi connectivity index (χ0n) is 23.5. The Morgan fingerprint density at radius 1 is 0.791 bits per heavy atom. The molecule has 0 aromatic rings. The van der Waals surface area contributed by atoms with Crippen LogP contribution in [-0.2, 0) is 48.5 Å². The van der Waals surface area contributed by atoms with Gasteiger partial charge < -0.3 is 26.1 Å². The van der Waals surface area contributed by atoms with Crippen LogP contribution in [0.1, 0.15) is 64.2 Å². The molecule has 0 aromatic carbocycles. The largest absolute Gasteiger partial charge is 0.356 e. The second-order valence-electron chi connectivity index (χ2n) is 9.52. The Bertz CT molecular complexity index is 1100. The van der Waals surface area contributed by atoms with E-state index in [-0.39, 0.29) is 31.6 Å². The van der Waals surface area contributed by atoms with E-state index in [2.05, 4.69) is 51.4 Å². The lowest BCUT2D eigenvalue weighted by atomic mass is 10.1. The summed E-state index contributed by atoms with van der Waals surface area (Å²) in [7, 11) is -4.77. The van der Waals surface area contributed by atoms with E-state index in [9.17, 15) is 46.5 Å². The van der Waals surface area contributed by atoms with Gasteiger partial charge in [-0.15, -0.1) is 5.06 Å². The number of carbonyl (C=O) groups excluding carboxylic acids is 7. The minimum atomic E-state index is -4.77. The van der Waals surface area contributed by atoms with Crippen molar-refractivity contribution >= 4 is 76.8 Å². The number of hydrogen-bond acceptors (Lipinski definition) is 12. The molecule has 43 heavy (non-hydrogen) atoms. The Morgan fingerprint density at radius 2 is 1.40 bits per heavy atom. The number of carbonyl (C=O) groups is 7. The molecule has 0 spiro atoms. The summed E-state index contributed by atoms with van der Waals surface area (Å²) < 4.78 is 32.5. The van der Waals surface area contributed by atoms with Crippen LogP contribution in [0.5, 0.6) is 0 Å². The number of hydrogen-bond donors (Lipinski definition) is 7. The van der Waals surface area contributed by atoms with Gasteiger partial charge in [-0.1, -0.05) is 0 Å². The van der Waals surface area contributed by atoms with Crippen molar-refractivity contribution in [2.45, 2.75) is 76.3 Å². The topological polar surface area (TPSA) is 234 Å². The van der Waals surface area contributed by atoms with Crippen molar-refractivity contribution in [3.05, 3.63) is 0 Å². The molecule has 244 valence electrons. The Hall–Kier alpha value is -2.90. The third-order valence-electron chi connectivity index (χ3n) is 5.85. The molecule has 2 atom stereocenters. The molecule has 0 bridgehead atoms. The average molecular weight is 670 g/mol. The average Bonchev–Trinajstić information content (AvgIpc) is 3.24. The fourth-order valence-corrected chi connectivity index (χ4v) is 4.66. The molecular weight excluding hydrogens is 630 g/mol. The van der Waals surface area contributed by atoms with Crippen molar-refractivity contribution < 1.29 is 51.4 Å². The van der Waals surface area contributed by atoms with Crippen LogP contribution in [0.3, 0.4) is 0 Å². The Kier molecular flexibility index (Phi) is 17.8. The van der Waals surface area contributed by atoms with E-state index in [0.717, 1.165) is 0 Å². The summed E-state index contributed by atoms with van der Waals surface area (Å²) in [4.78, 5) is 89.5. The molecule has 1 fully saturated rings. The van der Waals surface area contributed by atoms with Gasteiger partial charge in [0.2, 0.25) is 23.6 Å². The lowest BCUT2D eigenvalue weighted by molar-refractivity contribution is -0.197. The number of thiol groups is 2. The van der Waals surface area contributed by atoms with Gasteiger partial charge in [0.1, 0.15) is 17.8 Å². The van der Waals surface area contributed by atoms with Gasteiger partial charge in [0.15, 0.2) is 0 Å². The summed E-state index contributed by atoms with van der Waals surface area (Å²) >= 11 is 8.09. The number of hydroxylamine groups is 2. The molecule has 16 nitrogen and oxygen atoms in total. The fraction of sp³-hybridized carbons (Fsp3) is 0.708. The van der Waals surface area contributed by atoms with E-state index in [1.54, 1.807) is 0 Å². The van der Waals surface area contributed by atoms with Gasteiger partial charge in [0.25, 0.3) is 21.9 Å². The molecule has 19 heteroatoms. The van der Waals surface area contributed by atoms with Gasteiger partial charge in [0.05, 0.1) is 6.42 Å². The number of imide groups is 1. The summed E-state index contributed by atoms with van der Waals surface area (Å²) in [6, 6.07) is -2.97. The summed E-state index contributed by atoms with van der Waals surface area (Å²) in [5, 5.41) is 10.0. The first-order valence-corrected chi connectivity index (χ1v) is 16.5. The smallest absolute Gasteiger partial charge is 0.334 e. The van der Waals surface area contributed by atoms with E-state index in [4.69, 9.17) is 0 Å². The van der Waals surface area contributed by atoms with Crippen molar-refractivity contribution in [1.29, 1.82) is 0 Å². The van der Waals surface area contributed by atoms with Crippen LogP contribution in [0, 0.1) is 0 Å². The van der Waals surface area contributed by atoms with Gasteiger partial charge in [-0.3, -0.25) is 33.3 Å². The maximum Gasteiger partial charge on any atom is 0.334 e. The molecule has 1 aliphatic heterocycles. The van der Waals surface area contributed by atoms with E-state index in [0.29, 0.717) is 55.2 Å². The summed E-state index contributed by atoms with van der Waals surface area (Å²) in [6.45, 7) is -0.0982. The lowest BCUT2D eigenvalue weighted by Gasteiger charge is -2.23. The minimum Gasteiger partial charge on any atom is -0.356 e.